The van der Waals surface area contributed by atoms with Crippen LogP contribution in [0.5, 0.6) is 5.75 Å². The maximum Gasteiger partial charge on any atom is 0.303 e. The molecular formula is C15H19ClO3. The average molecular weight is 283 g/mol. The fraction of sp³-hybridized carbons (Fsp3) is 0.533. The molecule has 0 radical (unpaired) electrons. The van der Waals surface area contributed by atoms with E-state index in [0.29, 0.717) is 29.7 Å². The number of carbonyl (C=O) groups is 1. The first kappa shape index (κ1) is 14.2. The van der Waals surface area contributed by atoms with Gasteiger partial charge in [-0.2, -0.15) is 0 Å². The molecule has 0 atom stereocenters. The van der Waals surface area contributed by atoms with Gasteiger partial charge in [0.05, 0.1) is 11.6 Å². The summed E-state index contributed by atoms with van der Waals surface area (Å²) in [6.45, 7) is 2.63. The van der Waals surface area contributed by atoms with Crippen molar-refractivity contribution in [3.05, 3.63) is 28.3 Å². The van der Waals surface area contributed by atoms with Crippen LogP contribution in [0.25, 0.3) is 0 Å². The van der Waals surface area contributed by atoms with Crippen LogP contribution < -0.4 is 4.74 Å². The van der Waals surface area contributed by atoms with Gasteiger partial charge in [-0.05, 0) is 49.3 Å². The lowest BCUT2D eigenvalue weighted by atomic mass is 9.86. The van der Waals surface area contributed by atoms with Crippen LogP contribution >= 0.6 is 11.6 Å². The number of carboxylic acids is 1. The standard InChI is InChI=1S/C15H19ClO3/c1-10-7-12(5-6-14(17)18)15(13(16)8-10)19-9-11-3-2-4-11/h7-8,11H,2-6,9H2,1H3,(H,17,18). The van der Waals surface area contributed by atoms with E-state index in [1.165, 1.54) is 19.3 Å². The summed E-state index contributed by atoms with van der Waals surface area (Å²) < 4.78 is 5.83. The Morgan fingerprint density at radius 1 is 1.47 bits per heavy atom. The Bertz CT molecular complexity index is 467. The fourth-order valence-corrected chi connectivity index (χ4v) is 2.60. The van der Waals surface area contributed by atoms with Crippen LogP contribution in [-0.2, 0) is 11.2 Å². The van der Waals surface area contributed by atoms with Gasteiger partial charge in [0.2, 0.25) is 0 Å². The lowest BCUT2D eigenvalue weighted by molar-refractivity contribution is -0.136. The van der Waals surface area contributed by atoms with Gasteiger partial charge < -0.3 is 9.84 Å². The van der Waals surface area contributed by atoms with E-state index < -0.39 is 5.97 Å². The second kappa shape index (κ2) is 6.29. The molecule has 0 spiro atoms. The van der Waals surface area contributed by atoms with E-state index in [1.807, 2.05) is 19.1 Å². The molecule has 1 aliphatic carbocycles. The normalized spacial score (nSPS) is 15.1. The van der Waals surface area contributed by atoms with E-state index in [9.17, 15) is 4.79 Å². The zero-order valence-corrected chi connectivity index (χ0v) is 11.9. The first-order valence-electron chi connectivity index (χ1n) is 6.70. The van der Waals surface area contributed by atoms with Crippen molar-refractivity contribution in [1.82, 2.24) is 0 Å². The van der Waals surface area contributed by atoms with Crippen molar-refractivity contribution < 1.29 is 14.6 Å². The Balaban J connectivity index is 2.10. The van der Waals surface area contributed by atoms with Crippen molar-refractivity contribution in [3.8, 4) is 5.75 Å². The summed E-state index contributed by atoms with van der Waals surface area (Å²) >= 11 is 6.22. The molecule has 3 nitrogen and oxygen atoms in total. The second-order valence-corrected chi connectivity index (χ2v) is 5.64. The quantitative estimate of drug-likeness (QED) is 0.862. The van der Waals surface area contributed by atoms with Crippen LogP contribution in [-0.4, -0.2) is 17.7 Å². The number of carboxylic acid groups (broad SMARTS) is 1. The highest BCUT2D eigenvalue weighted by Crippen LogP contribution is 2.34. The molecule has 104 valence electrons. The van der Waals surface area contributed by atoms with Crippen LogP contribution in [0.15, 0.2) is 12.1 Å². The monoisotopic (exact) mass is 282 g/mol. The van der Waals surface area contributed by atoms with Gasteiger partial charge >= 0.3 is 5.97 Å². The smallest absolute Gasteiger partial charge is 0.303 e. The number of aryl methyl sites for hydroxylation is 2. The number of hydrogen-bond donors (Lipinski definition) is 1. The van der Waals surface area contributed by atoms with E-state index in [2.05, 4.69) is 0 Å². The summed E-state index contributed by atoms with van der Waals surface area (Å²) in [5.41, 5.74) is 1.92. The van der Waals surface area contributed by atoms with E-state index in [4.69, 9.17) is 21.4 Å². The molecule has 1 aliphatic rings. The van der Waals surface area contributed by atoms with Gasteiger partial charge in [0.1, 0.15) is 5.75 Å². The first-order valence-corrected chi connectivity index (χ1v) is 7.07. The third kappa shape index (κ3) is 3.87. The maximum absolute atomic E-state index is 10.7. The molecule has 2 rings (SSSR count). The Labute approximate surface area is 118 Å². The van der Waals surface area contributed by atoms with Crippen LogP contribution in [0, 0.1) is 12.8 Å². The number of aliphatic carboxylic acids is 1. The Hall–Kier alpha value is -1.22. The molecule has 1 saturated carbocycles. The summed E-state index contributed by atoms with van der Waals surface area (Å²) in [5.74, 6) is 0.493. The number of rotatable bonds is 6. The maximum atomic E-state index is 10.7. The van der Waals surface area contributed by atoms with E-state index in [-0.39, 0.29) is 6.42 Å². The zero-order chi connectivity index (χ0) is 13.8. The Morgan fingerprint density at radius 3 is 2.79 bits per heavy atom. The molecule has 0 heterocycles. The minimum absolute atomic E-state index is 0.0968. The highest BCUT2D eigenvalue weighted by atomic mass is 35.5. The summed E-state index contributed by atoms with van der Waals surface area (Å²) in [5, 5.41) is 9.38. The molecule has 0 bridgehead atoms. The van der Waals surface area contributed by atoms with Gasteiger partial charge in [-0.25, -0.2) is 0 Å². The van der Waals surface area contributed by atoms with Crippen LogP contribution in [0.3, 0.4) is 0 Å². The average Bonchev–Trinajstić information content (AvgIpc) is 2.26. The molecule has 1 aromatic rings. The van der Waals surface area contributed by atoms with Gasteiger partial charge in [0.25, 0.3) is 0 Å². The van der Waals surface area contributed by atoms with Crippen molar-refractivity contribution in [2.45, 2.75) is 39.0 Å². The lowest BCUT2D eigenvalue weighted by Crippen LogP contribution is -2.20. The molecule has 1 fully saturated rings. The van der Waals surface area contributed by atoms with Crippen LogP contribution in [0.1, 0.15) is 36.8 Å². The van der Waals surface area contributed by atoms with Gasteiger partial charge in [0, 0.05) is 6.42 Å². The SMILES string of the molecule is Cc1cc(Cl)c(OCC2CCC2)c(CCC(=O)O)c1. The lowest BCUT2D eigenvalue weighted by Gasteiger charge is -2.26. The summed E-state index contributed by atoms with van der Waals surface area (Å²) in [6.07, 6.45) is 4.26. The molecule has 0 saturated heterocycles. The number of benzene rings is 1. The van der Waals surface area contributed by atoms with Crippen LogP contribution in [0.2, 0.25) is 5.02 Å². The molecule has 1 aromatic carbocycles. The third-order valence-corrected chi connectivity index (χ3v) is 3.84. The zero-order valence-electron chi connectivity index (χ0n) is 11.1. The number of hydrogen-bond acceptors (Lipinski definition) is 2. The topological polar surface area (TPSA) is 46.5 Å². The van der Waals surface area contributed by atoms with Crippen molar-refractivity contribution in [1.29, 1.82) is 0 Å². The largest absolute Gasteiger partial charge is 0.491 e. The Kier molecular flexibility index (Phi) is 4.70. The van der Waals surface area contributed by atoms with E-state index in [0.717, 1.165) is 11.1 Å². The molecule has 1 N–H and O–H groups in total. The van der Waals surface area contributed by atoms with E-state index in [1.54, 1.807) is 0 Å². The second-order valence-electron chi connectivity index (χ2n) is 5.24. The molecule has 4 heteroatoms. The predicted octanol–water partition coefficient (Wildman–Crippen LogP) is 3.84. The highest BCUT2D eigenvalue weighted by Gasteiger charge is 2.19. The molecular weight excluding hydrogens is 264 g/mol. The van der Waals surface area contributed by atoms with Crippen molar-refractivity contribution in [2.75, 3.05) is 6.61 Å². The van der Waals surface area contributed by atoms with E-state index >= 15 is 0 Å². The molecule has 0 aromatic heterocycles. The van der Waals surface area contributed by atoms with Gasteiger partial charge in [-0.1, -0.05) is 24.1 Å². The van der Waals surface area contributed by atoms with Crippen molar-refractivity contribution in [2.24, 2.45) is 5.92 Å². The van der Waals surface area contributed by atoms with Gasteiger partial charge in [-0.3, -0.25) is 4.79 Å². The molecule has 19 heavy (non-hydrogen) atoms. The Morgan fingerprint density at radius 2 is 2.21 bits per heavy atom. The number of halogens is 1. The van der Waals surface area contributed by atoms with Gasteiger partial charge in [-0.15, -0.1) is 0 Å². The van der Waals surface area contributed by atoms with Crippen LogP contribution in [0.4, 0.5) is 0 Å². The summed E-state index contributed by atoms with van der Waals surface area (Å²) in [7, 11) is 0. The highest BCUT2D eigenvalue weighted by molar-refractivity contribution is 6.32. The molecule has 0 aliphatic heterocycles. The predicted molar refractivity (Wildman–Crippen MR) is 75.0 cm³/mol. The number of ether oxygens (including phenoxy) is 1. The summed E-state index contributed by atoms with van der Waals surface area (Å²) in [6, 6.07) is 3.83. The first-order chi connectivity index (χ1) is 9.06. The minimum Gasteiger partial charge on any atom is -0.491 e. The fourth-order valence-electron chi connectivity index (χ4n) is 2.25. The van der Waals surface area contributed by atoms with Gasteiger partial charge in [0.15, 0.2) is 0 Å². The minimum atomic E-state index is -0.803. The van der Waals surface area contributed by atoms with Crippen molar-refractivity contribution in [3.63, 3.8) is 0 Å². The molecule has 0 unspecified atom stereocenters. The summed E-state index contributed by atoms with van der Waals surface area (Å²) in [4.78, 5) is 10.7. The van der Waals surface area contributed by atoms with Crippen molar-refractivity contribution >= 4 is 17.6 Å². The molecule has 0 amide bonds. The third-order valence-electron chi connectivity index (χ3n) is 3.56.